The predicted octanol–water partition coefficient (Wildman–Crippen LogP) is 7.12. The molecule has 2 saturated carbocycles. The fraction of sp³-hybridized carbons (Fsp3) is 0.400. The number of ether oxygens (including phenoxy) is 3. The van der Waals surface area contributed by atoms with Crippen molar-refractivity contribution < 1.29 is 28.6 Å². The molecule has 43 heavy (non-hydrogen) atoms. The van der Waals surface area contributed by atoms with Crippen molar-refractivity contribution in [3.8, 4) is 5.75 Å². The van der Waals surface area contributed by atoms with Crippen molar-refractivity contribution >= 4 is 35.0 Å². The predicted molar refractivity (Wildman–Crippen MR) is 165 cm³/mol. The molecule has 3 aromatic carbocycles. The number of hydrogen-bond donors (Lipinski definition) is 1. The summed E-state index contributed by atoms with van der Waals surface area (Å²) in [5.41, 5.74) is 7.61. The molecule has 3 aromatic rings. The summed E-state index contributed by atoms with van der Waals surface area (Å²) in [6.07, 6.45) is 5.90. The van der Waals surface area contributed by atoms with Crippen LogP contribution in [0.3, 0.4) is 0 Å². The second-order valence-electron chi connectivity index (χ2n) is 11.5. The van der Waals surface area contributed by atoms with Gasteiger partial charge in [-0.2, -0.15) is 0 Å². The van der Waals surface area contributed by atoms with Gasteiger partial charge in [0.25, 0.3) is 0 Å². The third kappa shape index (κ3) is 5.83. The van der Waals surface area contributed by atoms with Crippen LogP contribution in [0.15, 0.2) is 64.4 Å². The van der Waals surface area contributed by atoms with Gasteiger partial charge in [-0.3, -0.25) is 9.59 Å². The van der Waals surface area contributed by atoms with E-state index in [0.29, 0.717) is 35.0 Å². The summed E-state index contributed by atoms with van der Waals surface area (Å²) in [6, 6.07) is 15.8. The van der Waals surface area contributed by atoms with E-state index >= 15 is 0 Å². The fourth-order valence-corrected chi connectivity index (χ4v) is 7.94. The minimum Gasteiger partial charge on any atom is -0.494 e. The molecule has 8 heteroatoms. The second kappa shape index (κ2) is 12.5. The zero-order valence-electron chi connectivity index (χ0n) is 24.6. The van der Waals surface area contributed by atoms with E-state index in [0.717, 1.165) is 55.8 Å². The fourth-order valence-electron chi connectivity index (χ4n) is 6.94. The molecule has 7 nitrogen and oxygen atoms in total. The van der Waals surface area contributed by atoms with Crippen LogP contribution in [0.2, 0.25) is 0 Å². The van der Waals surface area contributed by atoms with Crippen molar-refractivity contribution in [1.29, 1.82) is 0 Å². The SMILES string of the molecule is CCOc1ccc(Sc2cc(C(=O)O[C@@H]3CC[C@@H]4CC(OCC)CCC4C3)c(N)c3c2C(=O)c2ccccc2C3=O)cc1. The molecule has 6 rings (SSSR count). The Labute approximate surface area is 256 Å². The Morgan fingerprint density at radius 1 is 0.837 bits per heavy atom. The van der Waals surface area contributed by atoms with Gasteiger partial charge in [0.05, 0.1) is 29.5 Å². The third-order valence-corrected chi connectivity index (χ3v) is 10.0. The van der Waals surface area contributed by atoms with Crippen LogP contribution in [0.4, 0.5) is 5.69 Å². The minimum absolute atomic E-state index is 0.00481. The van der Waals surface area contributed by atoms with E-state index in [1.54, 1.807) is 30.3 Å². The number of carbonyl (C=O) groups is 3. The molecule has 3 aliphatic rings. The number of anilines is 1. The van der Waals surface area contributed by atoms with Gasteiger partial charge in [-0.1, -0.05) is 36.0 Å². The van der Waals surface area contributed by atoms with Crippen LogP contribution < -0.4 is 10.5 Å². The van der Waals surface area contributed by atoms with Crippen molar-refractivity contribution in [3.05, 3.63) is 82.4 Å². The first-order valence-corrected chi connectivity index (χ1v) is 16.1. The summed E-state index contributed by atoms with van der Waals surface area (Å²) in [5.74, 6) is 0.625. The van der Waals surface area contributed by atoms with Gasteiger partial charge in [0, 0.05) is 33.1 Å². The molecule has 224 valence electrons. The lowest BCUT2D eigenvalue weighted by atomic mass is 9.69. The van der Waals surface area contributed by atoms with Gasteiger partial charge >= 0.3 is 5.97 Å². The van der Waals surface area contributed by atoms with Crippen molar-refractivity contribution in [2.75, 3.05) is 18.9 Å². The van der Waals surface area contributed by atoms with Crippen LogP contribution in [0, 0.1) is 11.8 Å². The Morgan fingerprint density at radius 3 is 2.12 bits per heavy atom. The first-order chi connectivity index (χ1) is 20.9. The first-order valence-electron chi connectivity index (χ1n) is 15.3. The molecule has 0 bridgehead atoms. The van der Waals surface area contributed by atoms with Gasteiger partial charge in [0.15, 0.2) is 11.6 Å². The number of hydrogen-bond acceptors (Lipinski definition) is 8. The van der Waals surface area contributed by atoms with Gasteiger partial charge in [0.2, 0.25) is 0 Å². The summed E-state index contributed by atoms with van der Waals surface area (Å²) in [5, 5.41) is 0. The van der Waals surface area contributed by atoms with Gasteiger partial charge in [-0.15, -0.1) is 0 Å². The van der Waals surface area contributed by atoms with E-state index in [2.05, 4.69) is 0 Å². The quantitative estimate of drug-likeness (QED) is 0.169. The Bertz CT molecular complexity index is 1550. The number of esters is 1. The maximum atomic E-state index is 13.8. The standard InChI is InChI=1S/C35H37NO6S/c1-3-40-22-13-15-25(16-14-22)43-29-19-28(32(36)31-30(29)33(37)26-7-5-6-8-27(26)34(31)38)35(39)42-24-12-10-20-17-23(41-4-2)11-9-21(20)18-24/h5-8,13-16,19-21,23-24H,3-4,9-12,17-18,36H2,1-2H3/t20-,21?,23?,24-/m1/s1. The Morgan fingerprint density at radius 2 is 1.47 bits per heavy atom. The zero-order valence-corrected chi connectivity index (χ0v) is 25.4. The van der Waals surface area contributed by atoms with Gasteiger partial charge in [-0.05, 0) is 94.5 Å². The molecule has 0 saturated heterocycles. The molecule has 3 aliphatic carbocycles. The topological polar surface area (TPSA) is 105 Å². The van der Waals surface area contributed by atoms with Crippen LogP contribution in [-0.2, 0) is 9.47 Å². The van der Waals surface area contributed by atoms with Crippen LogP contribution in [-0.4, -0.2) is 43.0 Å². The highest BCUT2D eigenvalue weighted by atomic mass is 32.2. The van der Waals surface area contributed by atoms with Crippen LogP contribution >= 0.6 is 11.8 Å². The van der Waals surface area contributed by atoms with Gasteiger partial charge < -0.3 is 19.9 Å². The Hall–Kier alpha value is -3.62. The summed E-state index contributed by atoms with van der Waals surface area (Å²) in [7, 11) is 0. The summed E-state index contributed by atoms with van der Waals surface area (Å²) >= 11 is 1.31. The van der Waals surface area contributed by atoms with E-state index in [9.17, 15) is 14.4 Å². The molecule has 2 fully saturated rings. The summed E-state index contributed by atoms with van der Waals surface area (Å²) < 4.78 is 17.5. The highest BCUT2D eigenvalue weighted by Crippen LogP contribution is 2.44. The van der Waals surface area contributed by atoms with E-state index in [4.69, 9.17) is 19.9 Å². The third-order valence-electron chi connectivity index (χ3n) is 8.98. The maximum Gasteiger partial charge on any atom is 0.340 e. The molecule has 0 spiro atoms. The van der Waals surface area contributed by atoms with E-state index in [1.807, 2.05) is 38.1 Å². The highest BCUT2D eigenvalue weighted by Gasteiger charge is 2.39. The average Bonchev–Trinajstić information content (AvgIpc) is 3.01. The molecule has 0 aliphatic heterocycles. The largest absolute Gasteiger partial charge is 0.494 e. The smallest absolute Gasteiger partial charge is 0.340 e. The molecular formula is C35H37NO6S. The Balaban J connectivity index is 1.31. The zero-order chi connectivity index (χ0) is 30.1. The molecule has 2 unspecified atom stereocenters. The average molecular weight is 600 g/mol. The molecule has 2 N–H and O–H groups in total. The first kappa shape index (κ1) is 29.5. The molecule has 0 aromatic heterocycles. The Kier molecular flexibility index (Phi) is 8.59. The number of rotatable bonds is 8. The normalized spacial score (nSPS) is 22.7. The number of nitrogens with two attached hydrogens (primary N) is 1. The van der Waals surface area contributed by atoms with Crippen molar-refractivity contribution in [2.24, 2.45) is 11.8 Å². The van der Waals surface area contributed by atoms with Crippen LogP contribution in [0.5, 0.6) is 5.75 Å². The molecule has 0 amide bonds. The lowest BCUT2D eigenvalue weighted by Crippen LogP contribution is -2.37. The van der Waals surface area contributed by atoms with E-state index in [-0.39, 0.29) is 45.6 Å². The maximum absolute atomic E-state index is 13.8. The van der Waals surface area contributed by atoms with Crippen molar-refractivity contribution in [3.63, 3.8) is 0 Å². The minimum atomic E-state index is -0.556. The van der Waals surface area contributed by atoms with Crippen LogP contribution in [0.25, 0.3) is 0 Å². The summed E-state index contributed by atoms with van der Waals surface area (Å²) in [4.78, 5) is 42.6. The molecule has 4 atom stereocenters. The number of ketones is 2. The summed E-state index contributed by atoms with van der Waals surface area (Å²) in [6.45, 7) is 5.25. The van der Waals surface area contributed by atoms with Gasteiger partial charge in [-0.25, -0.2) is 4.79 Å². The van der Waals surface area contributed by atoms with Crippen LogP contribution in [0.1, 0.15) is 94.6 Å². The van der Waals surface area contributed by atoms with E-state index in [1.165, 1.54) is 11.8 Å². The lowest BCUT2D eigenvalue weighted by Gasteiger charge is -2.41. The molecule has 0 heterocycles. The molecular weight excluding hydrogens is 562 g/mol. The van der Waals surface area contributed by atoms with Crippen molar-refractivity contribution in [1.82, 2.24) is 0 Å². The van der Waals surface area contributed by atoms with Gasteiger partial charge in [0.1, 0.15) is 11.9 Å². The number of nitrogen functional groups attached to an aromatic ring is 1. The second-order valence-corrected chi connectivity index (χ2v) is 12.7. The number of benzene rings is 3. The van der Waals surface area contributed by atoms with Crippen molar-refractivity contribution in [2.45, 2.75) is 74.4 Å². The molecule has 0 radical (unpaired) electrons. The number of fused-ring (bicyclic) bond motifs is 3. The monoisotopic (exact) mass is 599 g/mol. The highest BCUT2D eigenvalue weighted by molar-refractivity contribution is 7.99. The number of carbonyl (C=O) groups excluding carboxylic acids is 3. The van der Waals surface area contributed by atoms with E-state index < -0.39 is 5.97 Å². The lowest BCUT2D eigenvalue weighted by molar-refractivity contribution is -0.0371.